The molecule has 0 saturated carbocycles. The van der Waals surface area contributed by atoms with E-state index in [1.165, 1.54) is 7.05 Å². The van der Waals surface area contributed by atoms with Crippen LogP contribution in [0.5, 0.6) is 0 Å². The SMILES string of the molecule is C#CC(=O)NN(C)C(=O)NCC. The minimum atomic E-state index is -0.649. The summed E-state index contributed by atoms with van der Waals surface area (Å²) in [5.41, 5.74) is 2.16. The molecule has 0 spiro atoms. The highest BCUT2D eigenvalue weighted by molar-refractivity contribution is 5.93. The van der Waals surface area contributed by atoms with E-state index in [4.69, 9.17) is 6.42 Å². The van der Waals surface area contributed by atoms with Crippen molar-refractivity contribution < 1.29 is 9.59 Å². The van der Waals surface area contributed by atoms with Gasteiger partial charge in [-0.2, -0.15) is 0 Å². The Hall–Kier alpha value is -1.70. The second-order valence-corrected chi connectivity index (χ2v) is 1.98. The second kappa shape index (κ2) is 5.02. The largest absolute Gasteiger partial charge is 0.337 e. The molecule has 0 aromatic carbocycles. The number of amides is 3. The van der Waals surface area contributed by atoms with Gasteiger partial charge in [-0.25, -0.2) is 9.80 Å². The predicted molar refractivity (Wildman–Crippen MR) is 43.8 cm³/mol. The predicted octanol–water partition coefficient (Wildman–Crippen LogP) is -0.688. The van der Waals surface area contributed by atoms with Gasteiger partial charge in [0.25, 0.3) is 0 Å². The van der Waals surface area contributed by atoms with Crippen molar-refractivity contribution in [1.82, 2.24) is 15.8 Å². The molecule has 12 heavy (non-hydrogen) atoms. The summed E-state index contributed by atoms with van der Waals surface area (Å²) in [7, 11) is 1.40. The molecule has 0 rings (SSSR count). The Bertz CT molecular complexity index is 219. The summed E-state index contributed by atoms with van der Waals surface area (Å²) in [6.45, 7) is 2.27. The van der Waals surface area contributed by atoms with Gasteiger partial charge in [-0.1, -0.05) is 0 Å². The third-order valence-corrected chi connectivity index (χ3v) is 1.03. The number of carbonyl (C=O) groups is 2. The molecule has 5 nitrogen and oxygen atoms in total. The fourth-order valence-electron chi connectivity index (χ4n) is 0.505. The zero-order chi connectivity index (χ0) is 9.56. The van der Waals surface area contributed by atoms with E-state index in [9.17, 15) is 9.59 Å². The molecule has 0 aliphatic rings. The van der Waals surface area contributed by atoms with E-state index in [1.807, 2.05) is 5.92 Å². The summed E-state index contributed by atoms with van der Waals surface area (Å²) in [6, 6.07) is -0.402. The molecule has 0 bridgehead atoms. The van der Waals surface area contributed by atoms with Crippen LogP contribution < -0.4 is 10.7 Å². The molecule has 5 heteroatoms. The normalized spacial score (nSPS) is 8.08. The van der Waals surface area contributed by atoms with Gasteiger partial charge in [0, 0.05) is 13.6 Å². The number of nitrogens with zero attached hydrogens (tertiary/aromatic N) is 1. The van der Waals surface area contributed by atoms with Crippen molar-refractivity contribution in [3.05, 3.63) is 0 Å². The lowest BCUT2D eigenvalue weighted by atomic mass is 10.6. The molecular formula is C7H11N3O2. The highest BCUT2D eigenvalue weighted by Gasteiger charge is 2.07. The molecule has 0 fully saturated rings. The van der Waals surface area contributed by atoms with Gasteiger partial charge in [-0.15, -0.1) is 6.42 Å². The first-order valence-corrected chi connectivity index (χ1v) is 3.40. The molecule has 0 aromatic rings. The molecule has 0 radical (unpaired) electrons. The fraction of sp³-hybridized carbons (Fsp3) is 0.429. The van der Waals surface area contributed by atoms with Crippen LogP contribution in [0.3, 0.4) is 0 Å². The Morgan fingerprint density at radius 2 is 2.17 bits per heavy atom. The van der Waals surface area contributed by atoms with E-state index < -0.39 is 11.9 Å². The number of terminal acetylenes is 1. The van der Waals surface area contributed by atoms with E-state index in [0.717, 1.165) is 5.01 Å². The smallest absolute Gasteiger partial charge is 0.335 e. The Labute approximate surface area is 71.1 Å². The first kappa shape index (κ1) is 10.3. The summed E-state index contributed by atoms with van der Waals surface area (Å²) < 4.78 is 0. The average Bonchev–Trinajstić information content (AvgIpc) is 2.04. The van der Waals surface area contributed by atoms with E-state index in [2.05, 4.69) is 10.7 Å². The zero-order valence-electron chi connectivity index (χ0n) is 7.05. The van der Waals surface area contributed by atoms with Crippen molar-refractivity contribution in [2.24, 2.45) is 0 Å². The third kappa shape index (κ3) is 3.46. The Morgan fingerprint density at radius 1 is 1.58 bits per heavy atom. The minimum absolute atomic E-state index is 0.402. The molecular weight excluding hydrogens is 158 g/mol. The fourth-order valence-corrected chi connectivity index (χ4v) is 0.505. The van der Waals surface area contributed by atoms with Gasteiger partial charge in [0.1, 0.15) is 0 Å². The Kier molecular flexibility index (Phi) is 4.31. The van der Waals surface area contributed by atoms with Crippen LogP contribution in [0.1, 0.15) is 6.92 Å². The molecule has 66 valence electrons. The molecule has 0 saturated heterocycles. The topological polar surface area (TPSA) is 61.4 Å². The summed E-state index contributed by atoms with van der Waals surface area (Å²) in [6.07, 6.45) is 4.77. The molecule has 2 N–H and O–H groups in total. The van der Waals surface area contributed by atoms with Gasteiger partial charge in [0.05, 0.1) is 0 Å². The van der Waals surface area contributed by atoms with Gasteiger partial charge < -0.3 is 5.32 Å². The summed E-state index contributed by atoms with van der Waals surface area (Å²) >= 11 is 0. The van der Waals surface area contributed by atoms with Gasteiger partial charge in [0.2, 0.25) is 0 Å². The highest BCUT2D eigenvalue weighted by Crippen LogP contribution is 1.77. The van der Waals surface area contributed by atoms with Crippen LogP contribution in [0.4, 0.5) is 4.79 Å². The monoisotopic (exact) mass is 169 g/mol. The molecule has 0 unspecified atom stereocenters. The Balaban J connectivity index is 3.88. The highest BCUT2D eigenvalue weighted by atomic mass is 16.2. The molecule has 0 atom stereocenters. The molecule has 0 aliphatic carbocycles. The van der Waals surface area contributed by atoms with Crippen LogP contribution in [-0.4, -0.2) is 30.5 Å². The van der Waals surface area contributed by atoms with Crippen molar-refractivity contribution in [1.29, 1.82) is 0 Å². The maximum atomic E-state index is 10.9. The van der Waals surface area contributed by atoms with Gasteiger partial charge in [0.15, 0.2) is 0 Å². The van der Waals surface area contributed by atoms with Gasteiger partial charge >= 0.3 is 11.9 Å². The standard InChI is InChI=1S/C7H11N3O2/c1-4-6(11)9-10(3)7(12)8-5-2/h1H,5H2,2-3H3,(H,8,12)(H,9,11). The number of hydrogen-bond acceptors (Lipinski definition) is 2. The van der Waals surface area contributed by atoms with Crippen molar-refractivity contribution in [3.8, 4) is 12.3 Å². The van der Waals surface area contributed by atoms with Crippen LogP contribution >= 0.6 is 0 Å². The lowest BCUT2D eigenvalue weighted by Crippen LogP contribution is -2.47. The summed E-state index contributed by atoms with van der Waals surface area (Å²) in [5, 5.41) is 3.47. The molecule has 0 heterocycles. The minimum Gasteiger partial charge on any atom is -0.337 e. The number of hydrazine groups is 1. The number of rotatable bonds is 1. The number of urea groups is 1. The van der Waals surface area contributed by atoms with Crippen molar-refractivity contribution in [2.45, 2.75) is 6.92 Å². The lowest BCUT2D eigenvalue weighted by Gasteiger charge is -2.16. The quantitative estimate of drug-likeness (QED) is 0.403. The van der Waals surface area contributed by atoms with E-state index in [0.29, 0.717) is 6.54 Å². The van der Waals surface area contributed by atoms with Crippen LogP contribution in [0.15, 0.2) is 0 Å². The average molecular weight is 169 g/mol. The summed E-state index contributed by atoms with van der Waals surface area (Å²) in [4.78, 5) is 21.5. The van der Waals surface area contributed by atoms with E-state index in [-0.39, 0.29) is 0 Å². The van der Waals surface area contributed by atoms with Gasteiger partial charge in [-0.05, 0) is 12.8 Å². The van der Waals surface area contributed by atoms with Crippen LogP contribution in [-0.2, 0) is 4.79 Å². The lowest BCUT2D eigenvalue weighted by molar-refractivity contribution is -0.118. The van der Waals surface area contributed by atoms with Crippen molar-refractivity contribution in [3.63, 3.8) is 0 Å². The number of nitrogens with one attached hydrogen (secondary N) is 2. The molecule has 0 aliphatic heterocycles. The number of hydrogen-bond donors (Lipinski definition) is 2. The first-order chi connectivity index (χ1) is 5.61. The first-order valence-electron chi connectivity index (χ1n) is 3.40. The van der Waals surface area contributed by atoms with E-state index >= 15 is 0 Å². The van der Waals surface area contributed by atoms with Crippen molar-refractivity contribution in [2.75, 3.05) is 13.6 Å². The van der Waals surface area contributed by atoms with E-state index in [1.54, 1.807) is 6.92 Å². The van der Waals surface area contributed by atoms with Crippen molar-refractivity contribution >= 4 is 11.9 Å². The maximum Gasteiger partial charge on any atom is 0.335 e. The molecule has 0 aromatic heterocycles. The Morgan fingerprint density at radius 3 is 2.58 bits per heavy atom. The van der Waals surface area contributed by atoms with Gasteiger partial charge in [-0.3, -0.25) is 10.2 Å². The molecule has 3 amide bonds. The third-order valence-electron chi connectivity index (χ3n) is 1.03. The zero-order valence-corrected chi connectivity index (χ0v) is 7.05. The number of carbonyl (C=O) groups excluding carboxylic acids is 2. The maximum absolute atomic E-state index is 10.9. The van der Waals surface area contributed by atoms with Crippen LogP contribution in [0.25, 0.3) is 0 Å². The second-order valence-electron chi connectivity index (χ2n) is 1.98. The summed E-state index contributed by atoms with van der Waals surface area (Å²) in [5.74, 6) is 1.17. The van der Waals surface area contributed by atoms with Crippen LogP contribution in [0.2, 0.25) is 0 Å². The van der Waals surface area contributed by atoms with Crippen LogP contribution in [0, 0.1) is 12.3 Å².